The van der Waals surface area contributed by atoms with Crippen molar-refractivity contribution in [3.05, 3.63) is 0 Å². The van der Waals surface area contributed by atoms with Crippen molar-refractivity contribution in [1.29, 1.82) is 0 Å². The van der Waals surface area contributed by atoms with E-state index < -0.39 is 30.4 Å². The third-order valence-corrected chi connectivity index (χ3v) is 1.42. The van der Waals surface area contributed by atoms with Crippen molar-refractivity contribution in [3.63, 3.8) is 0 Å². The van der Waals surface area contributed by atoms with Crippen molar-refractivity contribution in [2.45, 2.75) is 24.4 Å². The Labute approximate surface area is 98.1 Å². The molecular weight excluding hydrogens is 393 g/mol. The van der Waals surface area contributed by atoms with Crippen LogP contribution in [-0.2, 0) is 9.59 Å². The van der Waals surface area contributed by atoms with E-state index in [1.165, 1.54) is 0 Å². The zero-order valence-corrected chi connectivity index (χ0v) is 10.4. The van der Waals surface area contributed by atoms with Gasteiger partial charge in [0.1, 0.15) is 18.3 Å². The second-order valence-electron chi connectivity index (χ2n) is 2.39. The van der Waals surface area contributed by atoms with Gasteiger partial charge in [-0.1, -0.05) is 0 Å². The topological polar surface area (TPSA) is 135 Å². The van der Waals surface area contributed by atoms with E-state index in [0.717, 1.165) is 0 Å². The number of rotatable bonds is 5. The monoisotopic (exact) mass is 403 g/mol. The quantitative estimate of drug-likeness (QED) is 0.236. The average molecular weight is 403 g/mol. The molecule has 0 saturated heterocycles. The number of carbonyl (C=O) groups is 2. The fourth-order valence-corrected chi connectivity index (χ4v) is 0.615. The van der Waals surface area contributed by atoms with Gasteiger partial charge in [0.05, 0.1) is 0 Å². The van der Waals surface area contributed by atoms with Gasteiger partial charge in [-0.2, -0.15) is 0 Å². The summed E-state index contributed by atoms with van der Waals surface area (Å²) in [6.45, 7) is 0. The van der Waals surface area contributed by atoms with Crippen LogP contribution in [0.2, 0.25) is 0 Å². The molecule has 0 heterocycles. The molecule has 0 rings (SSSR count). The predicted molar refractivity (Wildman–Crippen MR) is 43.5 cm³/mol. The number of carboxylic acids is 1. The van der Waals surface area contributed by atoms with Gasteiger partial charge in [-0.15, -0.1) is 0 Å². The number of hydrogen-bond acceptors (Lipinski definition) is 6. The summed E-state index contributed by atoms with van der Waals surface area (Å²) in [7, 11) is 0. The van der Waals surface area contributed by atoms with Crippen LogP contribution in [0.4, 0.5) is 0 Å². The van der Waals surface area contributed by atoms with E-state index >= 15 is 0 Å². The Hall–Kier alpha value is -0.137. The Morgan fingerprint density at radius 2 is 1.50 bits per heavy atom. The van der Waals surface area contributed by atoms with Gasteiger partial charge < -0.3 is 30.3 Å². The Balaban J connectivity index is 0. The molecular formula is C6H10BiO7. The van der Waals surface area contributed by atoms with Crippen molar-refractivity contribution >= 4 is 38.5 Å². The van der Waals surface area contributed by atoms with E-state index in [-0.39, 0.29) is 32.5 Å². The van der Waals surface area contributed by atoms with Crippen LogP contribution in [0.3, 0.4) is 0 Å². The largest absolute Gasteiger partial charge is 0.479 e. The predicted octanol–water partition coefficient (Wildman–Crippen LogP) is -3.67. The maximum absolute atomic E-state index is 10.1. The van der Waals surface area contributed by atoms with Gasteiger partial charge in [-0.3, -0.25) is 0 Å². The van der Waals surface area contributed by atoms with Crippen LogP contribution < -0.4 is 0 Å². The third kappa shape index (κ3) is 4.39. The summed E-state index contributed by atoms with van der Waals surface area (Å²) in [6, 6.07) is 0. The second-order valence-corrected chi connectivity index (χ2v) is 2.39. The first-order valence-electron chi connectivity index (χ1n) is 3.32. The molecule has 0 fully saturated rings. The molecule has 7 nitrogen and oxygen atoms in total. The molecule has 0 aliphatic rings. The van der Waals surface area contributed by atoms with E-state index in [1.807, 2.05) is 0 Å². The summed E-state index contributed by atoms with van der Waals surface area (Å²) in [5, 5.41) is 43.2. The van der Waals surface area contributed by atoms with Gasteiger partial charge in [0.15, 0.2) is 12.4 Å². The summed E-state index contributed by atoms with van der Waals surface area (Å²) in [5.74, 6) is -1.76. The van der Waals surface area contributed by atoms with Gasteiger partial charge in [-0.05, 0) is 0 Å². The minimum Gasteiger partial charge on any atom is -0.479 e. The summed E-state index contributed by atoms with van der Waals surface area (Å²) in [5.41, 5.74) is 0. The summed E-state index contributed by atoms with van der Waals surface area (Å²) in [4.78, 5) is 20.0. The van der Waals surface area contributed by atoms with E-state index in [0.29, 0.717) is 0 Å². The first kappa shape index (κ1) is 16.3. The van der Waals surface area contributed by atoms with Gasteiger partial charge in [0, 0.05) is 26.2 Å². The summed E-state index contributed by atoms with van der Waals surface area (Å²) >= 11 is 0. The Morgan fingerprint density at radius 3 is 1.79 bits per heavy atom. The normalized spacial score (nSPS) is 18.6. The Bertz CT molecular complexity index is 197. The van der Waals surface area contributed by atoms with E-state index in [4.69, 9.17) is 25.5 Å². The minimum absolute atomic E-state index is 0. The average Bonchev–Trinajstić information content (AvgIpc) is 2.12. The van der Waals surface area contributed by atoms with Crippen LogP contribution in [-0.4, -0.2) is 88.4 Å². The molecule has 8 heteroatoms. The van der Waals surface area contributed by atoms with Crippen LogP contribution in [0.25, 0.3) is 0 Å². The van der Waals surface area contributed by atoms with Crippen molar-refractivity contribution < 1.29 is 35.1 Å². The summed E-state index contributed by atoms with van der Waals surface area (Å²) in [6.07, 6.45) is -8.39. The fourth-order valence-electron chi connectivity index (χ4n) is 0.615. The number of aliphatic carboxylic acids is 1. The first-order chi connectivity index (χ1) is 5.91. The summed E-state index contributed by atoms with van der Waals surface area (Å²) < 4.78 is 0. The molecule has 0 bridgehead atoms. The molecule has 0 aromatic rings. The maximum atomic E-state index is 10.1. The number of aldehydes is 1. The zero-order valence-electron chi connectivity index (χ0n) is 6.89. The van der Waals surface area contributed by atoms with E-state index in [9.17, 15) is 9.59 Å². The number of aliphatic hydroxyl groups is 4. The van der Waals surface area contributed by atoms with Crippen LogP contribution in [0.1, 0.15) is 0 Å². The molecule has 0 saturated carbocycles. The van der Waals surface area contributed by atoms with Gasteiger partial charge in [-0.25, -0.2) is 4.79 Å². The Morgan fingerprint density at radius 1 is 1.07 bits per heavy atom. The molecule has 0 aliphatic carbocycles. The van der Waals surface area contributed by atoms with Gasteiger partial charge in [0.25, 0.3) is 0 Å². The molecule has 0 aromatic heterocycles. The molecule has 3 radical (unpaired) electrons. The molecule has 4 atom stereocenters. The van der Waals surface area contributed by atoms with Gasteiger partial charge in [0.2, 0.25) is 0 Å². The molecule has 5 N–H and O–H groups in total. The maximum Gasteiger partial charge on any atom is 0.335 e. The van der Waals surface area contributed by atoms with Crippen molar-refractivity contribution in [2.75, 3.05) is 0 Å². The molecule has 0 spiro atoms. The Kier molecular flexibility index (Phi) is 8.38. The number of carbonyl (C=O) groups excluding carboxylic acids is 1. The van der Waals surface area contributed by atoms with Crippen LogP contribution in [0, 0.1) is 0 Å². The molecule has 81 valence electrons. The second kappa shape index (κ2) is 7.19. The molecule has 14 heavy (non-hydrogen) atoms. The van der Waals surface area contributed by atoms with Gasteiger partial charge >= 0.3 is 5.97 Å². The molecule has 0 aromatic carbocycles. The first-order valence-corrected chi connectivity index (χ1v) is 3.32. The SMILES string of the molecule is O=C[C@H](O)[C@@H](O)[C@@H](O)[C@H](O)C(=O)O.[Bi]. The standard InChI is InChI=1S/C6H10O7.Bi/c7-1-2(8)3(9)4(10)5(11)6(12)13;/h1-5,8-11H,(H,12,13);/t2-,3+,4+,5-;/m0./s1. The number of aliphatic hydroxyl groups excluding tert-OH is 4. The van der Waals surface area contributed by atoms with Crippen molar-refractivity contribution in [2.24, 2.45) is 0 Å². The van der Waals surface area contributed by atoms with Crippen LogP contribution >= 0.6 is 0 Å². The van der Waals surface area contributed by atoms with Crippen molar-refractivity contribution in [1.82, 2.24) is 0 Å². The zero-order chi connectivity index (χ0) is 10.6. The van der Waals surface area contributed by atoms with Crippen molar-refractivity contribution in [3.8, 4) is 0 Å². The number of carboxylic acid groups (broad SMARTS) is 1. The van der Waals surface area contributed by atoms with Crippen LogP contribution in [0.5, 0.6) is 0 Å². The van der Waals surface area contributed by atoms with E-state index in [1.54, 1.807) is 0 Å². The van der Waals surface area contributed by atoms with Crippen LogP contribution in [0.15, 0.2) is 0 Å². The van der Waals surface area contributed by atoms with E-state index in [2.05, 4.69) is 0 Å². The molecule has 0 amide bonds. The minimum atomic E-state index is -2.25. The molecule has 0 aliphatic heterocycles. The smallest absolute Gasteiger partial charge is 0.335 e. The fraction of sp³-hybridized carbons (Fsp3) is 0.667. The molecule has 0 unspecified atom stereocenters. The third-order valence-electron chi connectivity index (χ3n) is 1.42. The number of hydrogen-bond donors (Lipinski definition) is 5.